The quantitative estimate of drug-likeness (QED) is 0.726. The molecule has 0 saturated carbocycles. The fourth-order valence-corrected chi connectivity index (χ4v) is 1.48. The maximum absolute atomic E-state index is 11.1. The van der Waals surface area contributed by atoms with Gasteiger partial charge in [-0.2, -0.15) is 0 Å². The number of carbonyl (C=O) groups excluding carboxylic acids is 1. The fourth-order valence-electron chi connectivity index (χ4n) is 1.26. The second kappa shape index (κ2) is 6.40. The van der Waals surface area contributed by atoms with Crippen molar-refractivity contribution in [2.75, 3.05) is 6.61 Å². The van der Waals surface area contributed by atoms with Crippen LogP contribution in [0.2, 0.25) is 5.02 Å². The molecule has 0 amide bonds. The van der Waals surface area contributed by atoms with Gasteiger partial charge in [-0.3, -0.25) is 9.78 Å². The van der Waals surface area contributed by atoms with E-state index in [1.807, 2.05) is 6.07 Å². The zero-order valence-electron chi connectivity index (χ0n) is 8.70. The van der Waals surface area contributed by atoms with Crippen LogP contribution in [-0.4, -0.2) is 17.6 Å². The zero-order valence-corrected chi connectivity index (χ0v) is 9.46. The topological polar surface area (TPSA) is 39.2 Å². The van der Waals surface area contributed by atoms with Crippen LogP contribution in [0, 0.1) is 0 Å². The average Bonchev–Trinajstić information content (AvgIpc) is 2.21. The molecule has 0 aliphatic carbocycles. The smallest absolute Gasteiger partial charge is 0.305 e. The SMILES string of the molecule is CCOC(=O)CCCc1ccncc1Cl. The Hall–Kier alpha value is -1.09. The molecule has 0 aliphatic rings. The van der Waals surface area contributed by atoms with E-state index >= 15 is 0 Å². The third-order valence-corrected chi connectivity index (χ3v) is 2.33. The molecule has 0 atom stereocenters. The monoisotopic (exact) mass is 227 g/mol. The summed E-state index contributed by atoms with van der Waals surface area (Å²) in [4.78, 5) is 14.9. The van der Waals surface area contributed by atoms with Gasteiger partial charge in [0.05, 0.1) is 11.6 Å². The Morgan fingerprint density at radius 1 is 1.60 bits per heavy atom. The third kappa shape index (κ3) is 4.30. The molecule has 1 aromatic heterocycles. The van der Waals surface area contributed by atoms with Crippen molar-refractivity contribution in [3.05, 3.63) is 29.0 Å². The number of hydrogen-bond acceptors (Lipinski definition) is 3. The summed E-state index contributed by atoms with van der Waals surface area (Å²) >= 11 is 5.92. The normalized spacial score (nSPS) is 10.0. The molecule has 0 unspecified atom stereocenters. The zero-order chi connectivity index (χ0) is 11.1. The van der Waals surface area contributed by atoms with Gasteiger partial charge < -0.3 is 4.74 Å². The number of ether oxygens (including phenoxy) is 1. The minimum atomic E-state index is -0.150. The van der Waals surface area contributed by atoms with E-state index in [0.29, 0.717) is 18.1 Å². The summed E-state index contributed by atoms with van der Waals surface area (Å²) in [6.45, 7) is 2.24. The van der Waals surface area contributed by atoms with Gasteiger partial charge in [-0.15, -0.1) is 0 Å². The van der Waals surface area contributed by atoms with Gasteiger partial charge in [0, 0.05) is 18.8 Å². The van der Waals surface area contributed by atoms with E-state index in [2.05, 4.69) is 4.98 Å². The van der Waals surface area contributed by atoms with Gasteiger partial charge in [0.15, 0.2) is 0 Å². The lowest BCUT2D eigenvalue weighted by molar-refractivity contribution is -0.143. The molecule has 1 heterocycles. The first-order chi connectivity index (χ1) is 7.24. The highest BCUT2D eigenvalue weighted by molar-refractivity contribution is 6.31. The van der Waals surface area contributed by atoms with Crippen LogP contribution >= 0.6 is 11.6 Å². The van der Waals surface area contributed by atoms with Crippen LogP contribution in [0.15, 0.2) is 18.5 Å². The van der Waals surface area contributed by atoms with Crippen LogP contribution in [0.1, 0.15) is 25.3 Å². The largest absolute Gasteiger partial charge is 0.466 e. The summed E-state index contributed by atoms with van der Waals surface area (Å²) in [5.74, 6) is -0.150. The van der Waals surface area contributed by atoms with Crippen molar-refractivity contribution in [3.8, 4) is 0 Å². The number of halogens is 1. The molecule has 0 N–H and O–H groups in total. The molecular weight excluding hydrogens is 214 g/mol. The maximum Gasteiger partial charge on any atom is 0.305 e. The number of aryl methyl sites for hydroxylation is 1. The Labute approximate surface area is 94.4 Å². The molecule has 4 heteroatoms. The molecule has 0 aromatic carbocycles. The number of carbonyl (C=O) groups is 1. The summed E-state index contributed by atoms with van der Waals surface area (Å²) in [6.07, 6.45) is 5.28. The van der Waals surface area contributed by atoms with Gasteiger partial charge in [0.25, 0.3) is 0 Å². The van der Waals surface area contributed by atoms with Crippen LogP contribution in [0.4, 0.5) is 0 Å². The number of aromatic nitrogens is 1. The molecule has 0 spiro atoms. The first-order valence-corrected chi connectivity index (χ1v) is 5.36. The summed E-state index contributed by atoms with van der Waals surface area (Å²) in [5, 5.41) is 0.654. The molecule has 15 heavy (non-hydrogen) atoms. The van der Waals surface area contributed by atoms with Gasteiger partial charge in [-0.1, -0.05) is 11.6 Å². The van der Waals surface area contributed by atoms with Crippen molar-refractivity contribution in [1.82, 2.24) is 4.98 Å². The van der Waals surface area contributed by atoms with Crippen molar-refractivity contribution >= 4 is 17.6 Å². The first-order valence-electron chi connectivity index (χ1n) is 4.98. The lowest BCUT2D eigenvalue weighted by Crippen LogP contribution is -2.04. The molecule has 0 saturated heterocycles. The second-order valence-corrected chi connectivity index (χ2v) is 3.53. The Kier molecular flexibility index (Phi) is 5.12. The van der Waals surface area contributed by atoms with E-state index in [1.165, 1.54) is 0 Å². The van der Waals surface area contributed by atoms with Crippen molar-refractivity contribution < 1.29 is 9.53 Å². The highest BCUT2D eigenvalue weighted by Gasteiger charge is 2.03. The van der Waals surface area contributed by atoms with Gasteiger partial charge >= 0.3 is 5.97 Å². The lowest BCUT2D eigenvalue weighted by Gasteiger charge is -2.03. The Morgan fingerprint density at radius 2 is 2.40 bits per heavy atom. The van der Waals surface area contributed by atoms with Crippen LogP contribution in [0.25, 0.3) is 0 Å². The Balaban J connectivity index is 2.32. The number of rotatable bonds is 5. The van der Waals surface area contributed by atoms with Crippen molar-refractivity contribution in [2.45, 2.75) is 26.2 Å². The van der Waals surface area contributed by atoms with E-state index in [-0.39, 0.29) is 5.97 Å². The van der Waals surface area contributed by atoms with E-state index in [9.17, 15) is 4.79 Å². The molecule has 1 rings (SSSR count). The third-order valence-electron chi connectivity index (χ3n) is 1.99. The number of hydrogen-bond donors (Lipinski definition) is 0. The van der Waals surface area contributed by atoms with Crippen molar-refractivity contribution in [3.63, 3.8) is 0 Å². The van der Waals surface area contributed by atoms with E-state index in [0.717, 1.165) is 18.4 Å². The van der Waals surface area contributed by atoms with Gasteiger partial charge in [-0.05, 0) is 31.4 Å². The highest BCUT2D eigenvalue weighted by atomic mass is 35.5. The molecular formula is C11H14ClNO2. The minimum absolute atomic E-state index is 0.150. The predicted molar refractivity (Wildman–Crippen MR) is 58.8 cm³/mol. The maximum atomic E-state index is 11.1. The minimum Gasteiger partial charge on any atom is -0.466 e. The lowest BCUT2D eigenvalue weighted by atomic mass is 10.1. The molecule has 0 radical (unpaired) electrons. The standard InChI is InChI=1S/C11H14ClNO2/c1-2-15-11(14)5-3-4-9-6-7-13-8-10(9)12/h6-8H,2-5H2,1H3. The number of nitrogens with zero attached hydrogens (tertiary/aromatic N) is 1. The molecule has 3 nitrogen and oxygen atoms in total. The van der Waals surface area contributed by atoms with Crippen LogP contribution in [-0.2, 0) is 16.0 Å². The summed E-state index contributed by atoms with van der Waals surface area (Å²) in [5.41, 5.74) is 1.02. The molecule has 0 fully saturated rings. The van der Waals surface area contributed by atoms with Gasteiger partial charge in [0.1, 0.15) is 0 Å². The molecule has 0 aliphatic heterocycles. The van der Waals surface area contributed by atoms with Crippen LogP contribution in [0.5, 0.6) is 0 Å². The second-order valence-electron chi connectivity index (χ2n) is 3.13. The summed E-state index contributed by atoms with van der Waals surface area (Å²) < 4.78 is 4.83. The highest BCUT2D eigenvalue weighted by Crippen LogP contribution is 2.15. The summed E-state index contributed by atoms with van der Waals surface area (Å²) in [6, 6.07) is 1.87. The predicted octanol–water partition coefficient (Wildman–Crippen LogP) is 2.62. The van der Waals surface area contributed by atoms with Crippen LogP contribution < -0.4 is 0 Å². The van der Waals surface area contributed by atoms with Crippen molar-refractivity contribution in [1.29, 1.82) is 0 Å². The van der Waals surface area contributed by atoms with Gasteiger partial charge in [-0.25, -0.2) is 0 Å². The molecule has 0 bridgehead atoms. The van der Waals surface area contributed by atoms with Crippen LogP contribution in [0.3, 0.4) is 0 Å². The Morgan fingerprint density at radius 3 is 3.07 bits per heavy atom. The molecule has 1 aromatic rings. The fraction of sp³-hybridized carbons (Fsp3) is 0.455. The Bertz CT molecular complexity index is 328. The van der Waals surface area contributed by atoms with Crippen molar-refractivity contribution in [2.24, 2.45) is 0 Å². The van der Waals surface area contributed by atoms with E-state index in [4.69, 9.17) is 16.3 Å². The number of pyridine rings is 1. The summed E-state index contributed by atoms with van der Waals surface area (Å²) in [7, 11) is 0. The van der Waals surface area contributed by atoms with E-state index < -0.39 is 0 Å². The first kappa shape index (κ1) is 12.0. The van der Waals surface area contributed by atoms with E-state index in [1.54, 1.807) is 19.3 Å². The number of esters is 1. The van der Waals surface area contributed by atoms with Gasteiger partial charge in [0.2, 0.25) is 0 Å². The average molecular weight is 228 g/mol. The molecule has 82 valence electrons.